The molecule has 2 atom stereocenters. The van der Waals surface area contributed by atoms with Crippen LogP contribution in [0.25, 0.3) is 0 Å². The Kier molecular flexibility index (Phi) is 5.83. The van der Waals surface area contributed by atoms with E-state index in [1.165, 1.54) is 12.8 Å². The summed E-state index contributed by atoms with van der Waals surface area (Å²) in [6.07, 6.45) is 9.26. The van der Waals surface area contributed by atoms with Gasteiger partial charge in [-0.15, -0.1) is 0 Å². The number of fused-ring (bicyclic) bond motifs is 1. The van der Waals surface area contributed by atoms with Crippen molar-refractivity contribution < 1.29 is 4.74 Å². The van der Waals surface area contributed by atoms with Crippen LogP contribution in [-0.4, -0.2) is 29.6 Å². The van der Waals surface area contributed by atoms with Gasteiger partial charge in [0, 0.05) is 17.8 Å². The Bertz CT molecular complexity index is 566. The highest BCUT2D eigenvalue weighted by atomic mass is 32.2. The van der Waals surface area contributed by atoms with Crippen molar-refractivity contribution in [2.75, 3.05) is 12.9 Å². The lowest BCUT2D eigenvalue weighted by Crippen LogP contribution is -2.46. The van der Waals surface area contributed by atoms with E-state index < -0.39 is 0 Å². The zero-order chi connectivity index (χ0) is 16.2. The summed E-state index contributed by atoms with van der Waals surface area (Å²) in [5.74, 6) is 0.832. The molecule has 1 N–H and O–H groups in total. The first-order valence-corrected chi connectivity index (χ1v) is 10.0. The highest BCUT2D eigenvalue weighted by molar-refractivity contribution is 7.96. The minimum absolute atomic E-state index is 0.0965. The average molecular weight is 337 g/mol. The molecule has 3 rings (SSSR count). The molecule has 4 nitrogen and oxygen atoms in total. The molecule has 0 bridgehead atoms. The molecule has 0 saturated heterocycles. The maximum absolute atomic E-state index is 12.4. The molecule has 5 heteroatoms. The number of aromatic nitrogens is 1. The number of aryl methyl sites for hydroxylation is 1. The summed E-state index contributed by atoms with van der Waals surface area (Å²) in [5, 5.41) is 0. The Morgan fingerprint density at radius 3 is 2.78 bits per heavy atom. The van der Waals surface area contributed by atoms with Gasteiger partial charge >= 0.3 is 0 Å². The fourth-order valence-electron chi connectivity index (χ4n) is 3.91. The number of nitrogens with zero attached hydrogens (tertiary/aromatic N) is 1. The zero-order valence-corrected chi connectivity index (χ0v) is 15.0. The standard InChI is InChI=1S/C18H28N2O2S/c1-13-6-9-15(10-7-13)22-12-17-16(19-23-2)11-8-14-4-3-5-18(21)20(14)17/h3-5,13,15-17,19H,6-12H2,1-2H3. The van der Waals surface area contributed by atoms with Crippen LogP contribution in [0.5, 0.6) is 0 Å². The lowest BCUT2D eigenvalue weighted by molar-refractivity contribution is -0.00518. The Balaban J connectivity index is 1.73. The van der Waals surface area contributed by atoms with Crippen LogP contribution in [0.15, 0.2) is 23.0 Å². The van der Waals surface area contributed by atoms with Gasteiger partial charge in [0.05, 0.1) is 18.8 Å². The molecule has 128 valence electrons. The molecule has 1 aliphatic carbocycles. The maximum Gasteiger partial charge on any atom is 0.251 e. The van der Waals surface area contributed by atoms with E-state index in [9.17, 15) is 4.79 Å². The molecule has 2 unspecified atom stereocenters. The Labute approximate surface area is 143 Å². The minimum Gasteiger partial charge on any atom is -0.376 e. The lowest BCUT2D eigenvalue weighted by atomic mass is 9.89. The second-order valence-corrected chi connectivity index (χ2v) is 7.62. The van der Waals surface area contributed by atoms with Crippen LogP contribution < -0.4 is 10.3 Å². The van der Waals surface area contributed by atoms with Crippen LogP contribution in [0.4, 0.5) is 0 Å². The third-order valence-electron chi connectivity index (χ3n) is 5.32. The average Bonchev–Trinajstić information content (AvgIpc) is 2.56. The van der Waals surface area contributed by atoms with Gasteiger partial charge in [0.2, 0.25) is 0 Å². The molecule has 1 aromatic rings. The van der Waals surface area contributed by atoms with Gasteiger partial charge in [-0.3, -0.25) is 9.52 Å². The lowest BCUT2D eigenvalue weighted by Gasteiger charge is -2.36. The molecule has 2 aliphatic rings. The van der Waals surface area contributed by atoms with Gasteiger partial charge in [-0.1, -0.05) is 24.9 Å². The van der Waals surface area contributed by atoms with E-state index in [0.717, 1.165) is 37.3 Å². The van der Waals surface area contributed by atoms with Crippen LogP contribution in [0.2, 0.25) is 0 Å². The largest absolute Gasteiger partial charge is 0.376 e. The first-order valence-electron chi connectivity index (χ1n) is 8.79. The topological polar surface area (TPSA) is 43.3 Å². The van der Waals surface area contributed by atoms with Crippen molar-refractivity contribution in [3.05, 3.63) is 34.2 Å². The van der Waals surface area contributed by atoms with E-state index in [0.29, 0.717) is 18.8 Å². The molecule has 23 heavy (non-hydrogen) atoms. The fourth-order valence-corrected chi connectivity index (χ4v) is 4.49. The van der Waals surface area contributed by atoms with Gasteiger partial charge < -0.3 is 9.30 Å². The number of rotatable bonds is 5. The van der Waals surface area contributed by atoms with Crippen molar-refractivity contribution in [1.29, 1.82) is 0 Å². The van der Waals surface area contributed by atoms with Crippen LogP contribution in [0.3, 0.4) is 0 Å². The first-order chi connectivity index (χ1) is 11.2. The molecule has 0 amide bonds. The highest BCUT2D eigenvalue weighted by Crippen LogP contribution is 2.29. The Morgan fingerprint density at radius 1 is 1.26 bits per heavy atom. The number of hydrogen-bond acceptors (Lipinski definition) is 4. The van der Waals surface area contributed by atoms with Gasteiger partial charge in [-0.25, -0.2) is 0 Å². The number of nitrogens with one attached hydrogen (secondary N) is 1. The molecule has 0 radical (unpaired) electrons. The normalized spacial score (nSPS) is 30.9. The Morgan fingerprint density at radius 2 is 2.04 bits per heavy atom. The zero-order valence-electron chi connectivity index (χ0n) is 14.2. The number of ether oxygens (including phenoxy) is 1. The quantitative estimate of drug-likeness (QED) is 0.839. The minimum atomic E-state index is 0.0965. The summed E-state index contributed by atoms with van der Waals surface area (Å²) in [7, 11) is 0. The Hall–Kier alpha value is -0.780. The smallest absolute Gasteiger partial charge is 0.251 e. The van der Waals surface area contributed by atoms with E-state index in [4.69, 9.17) is 4.74 Å². The molecular weight excluding hydrogens is 308 g/mol. The molecule has 0 spiro atoms. The summed E-state index contributed by atoms with van der Waals surface area (Å²) in [4.78, 5) is 12.4. The molecule has 0 aromatic carbocycles. The van der Waals surface area contributed by atoms with Crippen molar-refractivity contribution >= 4 is 11.9 Å². The second-order valence-electron chi connectivity index (χ2n) is 6.98. The van der Waals surface area contributed by atoms with Crippen LogP contribution in [0, 0.1) is 5.92 Å². The van der Waals surface area contributed by atoms with E-state index in [2.05, 4.69) is 17.7 Å². The van der Waals surface area contributed by atoms with Gasteiger partial charge in [0.1, 0.15) is 0 Å². The summed E-state index contributed by atoms with van der Waals surface area (Å²) < 4.78 is 11.7. The van der Waals surface area contributed by atoms with Gasteiger partial charge in [0.25, 0.3) is 5.56 Å². The SMILES string of the molecule is CSNC1CCc2cccc(=O)n2C1COC1CCC(C)CC1. The van der Waals surface area contributed by atoms with Crippen LogP contribution in [0.1, 0.15) is 50.8 Å². The predicted molar refractivity (Wildman–Crippen MR) is 95.9 cm³/mol. The maximum atomic E-state index is 12.4. The molecular formula is C18H28N2O2S. The van der Waals surface area contributed by atoms with E-state index in [1.807, 2.05) is 16.9 Å². The van der Waals surface area contributed by atoms with Crippen molar-refractivity contribution in [2.45, 2.75) is 63.6 Å². The van der Waals surface area contributed by atoms with E-state index in [1.54, 1.807) is 18.0 Å². The van der Waals surface area contributed by atoms with E-state index in [-0.39, 0.29) is 11.6 Å². The van der Waals surface area contributed by atoms with Crippen molar-refractivity contribution in [3.8, 4) is 0 Å². The third-order valence-corrected chi connectivity index (χ3v) is 5.86. The van der Waals surface area contributed by atoms with Gasteiger partial charge in [-0.05, 0) is 56.8 Å². The first kappa shape index (κ1) is 17.1. The van der Waals surface area contributed by atoms with Crippen molar-refractivity contribution in [3.63, 3.8) is 0 Å². The summed E-state index contributed by atoms with van der Waals surface area (Å²) in [6.45, 7) is 2.96. The van der Waals surface area contributed by atoms with Crippen LogP contribution in [-0.2, 0) is 11.2 Å². The summed E-state index contributed by atoms with van der Waals surface area (Å²) in [6, 6.07) is 6.00. The van der Waals surface area contributed by atoms with Gasteiger partial charge in [-0.2, -0.15) is 0 Å². The van der Waals surface area contributed by atoms with Gasteiger partial charge in [0.15, 0.2) is 0 Å². The highest BCUT2D eigenvalue weighted by Gasteiger charge is 2.31. The molecule has 1 saturated carbocycles. The molecule has 1 fully saturated rings. The predicted octanol–water partition coefficient (Wildman–Crippen LogP) is 3.17. The van der Waals surface area contributed by atoms with Crippen molar-refractivity contribution in [2.24, 2.45) is 5.92 Å². The molecule has 2 heterocycles. The number of pyridine rings is 1. The summed E-state index contributed by atoms with van der Waals surface area (Å²) in [5.41, 5.74) is 1.24. The second kappa shape index (κ2) is 7.86. The van der Waals surface area contributed by atoms with Crippen LogP contribution >= 0.6 is 11.9 Å². The van der Waals surface area contributed by atoms with Crippen molar-refractivity contribution in [1.82, 2.24) is 9.29 Å². The molecule has 1 aromatic heterocycles. The van der Waals surface area contributed by atoms with E-state index >= 15 is 0 Å². The third kappa shape index (κ3) is 4.01. The fraction of sp³-hybridized carbons (Fsp3) is 0.722. The molecule has 1 aliphatic heterocycles. The monoisotopic (exact) mass is 336 g/mol. The summed E-state index contributed by atoms with van der Waals surface area (Å²) >= 11 is 1.63. The number of hydrogen-bond donors (Lipinski definition) is 1.